The Bertz CT molecular complexity index is 1540. The number of azo groups is 1. The Morgan fingerprint density at radius 1 is 1.00 bits per heavy atom. The Kier molecular flexibility index (Phi) is 7.09. The average molecular weight is 529 g/mol. The summed E-state index contributed by atoms with van der Waals surface area (Å²) in [5.74, 6) is -1.01. The molecule has 12 nitrogen and oxygen atoms in total. The smallest absolute Gasteiger partial charge is 0.296 e. The number of anilines is 2. The van der Waals surface area contributed by atoms with Gasteiger partial charge < -0.3 is 16.2 Å². The van der Waals surface area contributed by atoms with Crippen molar-refractivity contribution >= 4 is 71.3 Å². The first-order chi connectivity index (χ1) is 15.8. The molecule has 0 bridgehead atoms. The summed E-state index contributed by atoms with van der Waals surface area (Å²) < 4.78 is 65.4. The number of aromatic hydroxyl groups is 1. The first-order valence-corrected chi connectivity index (χ1v) is 12.6. The van der Waals surface area contributed by atoms with Crippen LogP contribution in [-0.4, -0.2) is 42.8 Å². The van der Waals surface area contributed by atoms with E-state index >= 15 is 0 Å². The standard InChI is InChI=1S/C19H17ClN4O8S2/c20-6-5-17(26)22-11-2-4-14(16(8-11)34(30,31)32)23-24-19-13(21)3-1-10-7-12(33(27,28)29)9-15(25)18(10)19/h1-4,7-9,25H,5-6,21H2,(H,22,26)(H,27,28,29)(H,30,31,32). The maximum atomic E-state index is 11.9. The molecule has 15 heteroatoms. The monoisotopic (exact) mass is 528 g/mol. The quantitative estimate of drug-likeness (QED) is 0.131. The van der Waals surface area contributed by atoms with Gasteiger partial charge in [0.2, 0.25) is 5.91 Å². The van der Waals surface area contributed by atoms with Gasteiger partial charge >= 0.3 is 0 Å². The number of nitrogen functional groups attached to an aromatic ring is 1. The summed E-state index contributed by atoms with van der Waals surface area (Å²) in [6, 6.07) is 8.03. The van der Waals surface area contributed by atoms with Crippen molar-refractivity contribution in [3.8, 4) is 5.75 Å². The number of nitrogens with zero attached hydrogens (tertiary/aromatic N) is 2. The zero-order valence-corrected chi connectivity index (χ0v) is 19.4. The lowest BCUT2D eigenvalue weighted by atomic mass is 10.1. The number of benzene rings is 3. The van der Waals surface area contributed by atoms with E-state index in [9.17, 15) is 35.8 Å². The van der Waals surface area contributed by atoms with Crippen molar-refractivity contribution in [2.24, 2.45) is 10.2 Å². The number of halogens is 1. The van der Waals surface area contributed by atoms with Crippen LogP contribution in [0, 0.1) is 0 Å². The Morgan fingerprint density at radius 3 is 2.32 bits per heavy atom. The molecular formula is C19H17ClN4O8S2. The van der Waals surface area contributed by atoms with Gasteiger partial charge in [0, 0.05) is 24.1 Å². The van der Waals surface area contributed by atoms with Crippen molar-refractivity contribution in [1.82, 2.24) is 0 Å². The van der Waals surface area contributed by atoms with Crippen LogP contribution in [0.25, 0.3) is 10.8 Å². The van der Waals surface area contributed by atoms with Crippen molar-refractivity contribution in [2.45, 2.75) is 16.2 Å². The molecule has 1 amide bonds. The Labute approximate surface area is 198 Å². The highest BCUT2D eigenvalue weighted by atomic mass is 35.5. The molecule has 0 heterocycles. The van der Waals surface area contributed by atoms with Crippen molar-refractivity contribution in [2.75, 3.05) is 16.9 Å². The lowest BCUT2D eigenvalue weighted by Crippen LogP contribution is -2.12. The van der Waals surface area contributed by atoms with Crippen molar-refractivity contribution in [3.05, 3.63) is 42.5 Å². The normalized spacial score (nSPS) is 12.3. The third kappa shape index (κ3) is 5.60. The molecule has 0 atom stereocenters. The molecule has 34 heavy (non-hydrogen) atoms. The number of rotatable bonds is 7. The average Bonchev–Trinajstić information content (AvgIpc) is 2.72. The van der Waals surface area contributed by atoms with Crippen LogP contribution in [0.3, 0.4) is 0 Å². The largest absolute Gasteiger partial charge is 0.507 e. The van der Waals surface area contributed by atoms with E-state index in [-0.39, 0.29) is 45.8 Å². The molecule has 0 aliphatic heterocycles. The summed E-state index contributed by atoms with van der Waals surface area (Å²) in [6.45, 7) is 0. The van der Waals surface area contributed by atoms with Gasteiger partial charge in [-0.1, -0.05) is 6.07 Å². The topological polar surface area (TPSA) is 209 Å². The van der Waals surface area contributed by atoms with Gasteiger partial charge in [-0.3, -0.25) is 13.9 Å². The van der Waals surface area contributed by atoms with Crippen LogP contribution in [0.4, 0.5) is 22.7 Å². The summed E-state index contributed by atoms with van der Waals surface area (Å²) in [5.41, 5.74) is 5.53. The second-order valence-electron chi connectivity index (χ2n) is 6.86. The highest BCUT2D eigenvalue weighted by molar-refractivity contribution is 7.86. The number of phenolic OH excluding ortho intramolecular Hbond substituents is 1. The molecular weight excluding hydrogens is 512 g/mol. The molecule has 0 aliphatic carbocycles. The lowest BCUT2D eigenvalue weighted by Gasteiger charge is -2.10. The van der Waals surface area contributed by atoms with Crippen molar-refractivity contribution in [1.29, 1.82) is 0 Å². The van der Waals surface area contributed by atoms with E-state index in [2.05, 4.69) is 15.5 Å². The van der Waals surface area contributed by atoms with E-state index in [1.165, 1.54) is 24.3 Å². The van der Waals surface area contributed by atoms with Crippen LogP contribution in [0.15, 0.2) is 62.5 Å². The van der Waals surface area contributed by atoms with Gasteiger partial charge in [0.1, 0.15) is 22.0 Å². The van der Waals surface area contributed by atoms with Gasteiger partial charge in [0.15, 0.2) is 0 Å². The van der Waals surface area contributed by atoms with Crippen LogP contribution in [-0.2, 0) is 25.0 Å². The molecule has 0 radical (unpaired) electrons. The van der Waals surface area contributed by atoms with Gasteiger partial charge in [-0.25, -0.2) is 0 Å². The van der Waals surface area contributed by atoms with Crippen LogP contribution in [0.5, 0.6) is 5.75 Å². The van der Waals surface area contributed by atoms with Crippen molar-refractivity contribution in [3.63, 3.8) is 0 Å². The van der Waals surface area contributed by atoms with Crippen LogP contribution in [0.1, 0.15) is 6.42 Å². The molecule has 0 spiro atoms. The molecule has 0 aliphatic rings. The minimum absolute atomic E-state index is 0.00418. The fraction of sp³-hybridized carbons (Fsp3) is 0.105. The van der Waals surface area contributed by atoms with E-state index in [0.717, 1.165) is 18.2 Å². The van der Waals surface area contributed by atoms with Gasteiger partial charge in [-0.15, -0.1) is 21.8 Å². The predicted molar refractivity (Wildman–Crippen MR) is 124 cm³/mol. The molecule has 180 valence electrons. The van der Waals surface area contributed by atoms with E-state index in [1.807, 2.05) is 0 Å². The molecule has 0 unspecified atom stereocenters. The van der Waals surface area contributed by atoms with Crippen LogP contribution < -0.4 is 11.1 Å². The Morgan fingerprint density at radius 2 is 1.71 bits per heavy atom. The van der Waals surface area contributed by atoms with E-state index < -0.39 is 41.7 Å². The zero-order chi connectivity index (χ0) is 25.3. The minimum Gasteiger partial charge on any atom is -0.507 e. The third-order valence-electron chi connectivity index (χ3n) is 4.47. The summed E-state index contributed by atoms with van der Waals surface area (Å²) >= 11 is 5.49. The zero-order valence-electron chi connectivity index (χ0n) is 17.0. The maximum Gasteiger partial charge on any atom is 0.296 e. The highest BCUT2D eigenvalue weighted by Gasteiger charge is 2.19. The number of hydrogen-bond acceptors (Lipinski definition) is 9. The van der Waals surface area contributed by atoms with E-state index in [4.69, 9.17) is 17.3 Å². The predicted octanol–water partition coefficient (Wildman–Crippen LogP) is 3.60. The van der Waals surface area contributed by atoms with Gasteiger partial charge in [-0.05, 0) is 35.7 Å². The molecule has 0 fully saturated rings. The second kappa shape index (κ2) is 9.52. The fourth-order valence-electron chi connectivity index (χ4n) is 2.97. The summed E-state index contributed by atoms with van der Waals surface area (Å²) in [5, 5.41) is 20.6. The number of nitrogens with two attached hydrogens (primary N) is 1. The highest BCUT2D eigenvalue weighted by Crippen LogP contribution is 2.41. The molecule has 3 aromatic rings. The third-order valence-corrected chi connectivity index (χ3v) is 6.38. The molecule has 6 N–H and O–H groups in total. The summed E-state index contributed by atoms with van der Waals surface area (Å²) in [4.78, 5) is 10.5. The number of carbonyl (C=O) groups is 1. The molecule has 3 aromatic carbocycles. The van der Waals surface area contributed by atoms with Gasteiger partial charge in [0.05, 0.1) is 16.0 Å². The number of hydrogen-bond donors (Lipinski definition) is 5. The number of amides is 1. The SMILES string of the molecule is Nc1ccc2cc(S(=O)(=O)O)cc(O)c2c1N=Nc1ccc(NC(=O)CCCl)cc1S(=O)(=O)O. The number of alkyl halides is 1. The minimum atomic E-state index is -4.80. The van der Waals surface area contributed by atoms with Crippen molar-refractivity contribution < 1.29 is 35.8 Å². The van der Waals surface area contributed by atoms with Crippen LogP contribution in [0.2, 0.25) is 0 Å². The molecule has 0 saturated carbocycles. The lowest BCUT2D eigenvalue weighted by molar-refractivity contribution is -0.115. The van der Waals surface area contributed by atoms with Gasteiger partial charge in [-0.2, -0.15) is 16.8 Å². The number of nitrogens with one attached hydrogen (secondary N) is 1. The molecule has 0 saturated heterocycles. The number of phenols is 1. The second-order valence-corrected chi connectivity index (χ2v) is 10.1. The maximum absolute atomic E-state index is 11.9. The number of fused-ring (bicyclic) bond motifs is 1. The molecule has 3 rings (SSSR count). The Balaban J connectivity index is 2.12. The summed E-state index contributed by atoms with van der Waals surface area (Å²) in [7, 11) is -9.41. The first kappa shape index (κ1) is 25.3. The van der Waals surface area contributed by atoms with Crippen LogP contribution >= 0.6 is 11.6 Å². The summed E-state index contributed by atoms with van der Waals surface area (Å²) in [6.07, 6.45) is -0.0205. The van der Waals surface area contributed by atoms with Gasteiger partial charge in [0.25, 0.3) is 20.2 Å². The molecule has 0 aromatic heterocycles. The fourth-order valence-corrected chi connectivity index (χ4v) is 4.32. The van der Waals surface area contributed by atoms with E-state index in [0.29, 0.717) is 0 Å². The number of carbonyl (C=O) groups excluding carboxylic acids is 1. The first-order valence-electron chi connectivity index (χ1n) is 9.23. The van der Waals surface area contributed by atoms with E-state index in [1.54, 1.807) is 0 Å². The Hall–Kier alpha value is -3.30.